The summed E-state index contributed by atoms with van der Waals surface area (Å²) in [6, 6.07) is 42.3. The average Bonchev–Trinajstić information content (AvgIpc) is 4.49. The zero-order chi connectivity index (χ0) is 62.5. The van der Waals surface area contributed by atoms with E-state index < -0.39 is 98.2 Å². The molecule has 4 fully saturated rings. The van der Waals surface area contributed by atoms with Crippen LogP contribution in [0.3, 0.4) is 0 Å². The van der Waals surface area contributed by atoms with Gasteiger partial charge in [-0.2, -0.15) is 26.3 Å². The molecule has 2 aliphatic carbocycles. The molecule has 2 unspecified atom stereocenters. The van der Waals surface area contributed by atoms with Gasteiger partial charge in [-0.05, 0) is 89.0 Å². The topological polar surface area (TPSA) is 214 Å². The molecule has 458 valence electrons. The van der Waals surface area contributed by atoms with Gasteiger partial charge in [0.15, 0.2) is 18.2 Å². The van der Waals surface area contributed by atoms with Crippen molar-refractivity contribution in [2.75, 3.05) is 40.2 Å². The van der Waals surface area contributed by atoms with Crippen LogP contribution in [0.25, 0.3) is 22.3 Å². The van der Waals surface area contributed by atoms with Crippen LogP contribution in [-0.4, -0.2) is 105 Å². The van der Waals surface area contributed by atoms with Crippen LogP contribution in [0, 0.1) is 23.7 Å². The molecule has 8 atom stereocenters. The lowest BCUT2D eigenvalue weighted by Gasteiger charge is -2.20. The number of ether oxygens (including phenoxy) is 6. The first kappa shape index (κ1) is 64.6. The fourth-order valence-electron chi connectivity index (χ4n) is 10.5. The summed E-state index contributed by atoms with van der Waals surface area (Å²) in [5.74, 6) is -3.88. The van der Waals surface area contributed by atoms with Crippen molar-refractivity contribution in [2.24, 2.45) is 23.7 Å². The molecule has 6 aromatic rings. The predicted octanol–water partition coefficient (Wildman–Crippen LogP) is 12.0. The highest BCUT2D eigenvalue weighted by Crippen LogP contribution is 2.47. The second-order valence-electron chi connectivity index (χ2n) is 20.6. The smallest absolute Gasteiger partial charge is 0.416 e. The summed E-state index contributed by atoms with van der Waals surface area (Å²) in [5.41, 5.74) is 3.14. The maximum Gasteiger partial charge on any atom is 0.416 e. The highest BCUT2D eigenvalue weighted by molar-refractivity contribution is 7.54. The number of carbonyl (C=O) groups is 6. The minimum absolute atomic E-state index is 0.0641. The molecule has 6 aromatic carbocycles. The maximum atomic E-state index is 13.0. The van der Waals surface area contributed by atoms with Gasteiger partial charge < -0.3 is 42.6 Å². The normalized spacial score (nSPS) is 21.2. The van der Waals surface area contributed by atoms with Gasteiger partial charge >= 0.3 is 43.8 Å². The lowest BCUT2D eigenvalue weighted by molar-refractivity contribution is -0.143. The molecule has 2 saturated carbocycles. The summed E-state index contributed by atoms with van der Waals surface area (Å²) in [6.45, 7) is -1.13. The highest BCUT2D eigenvalue weighted by atomic mass is 31.2. The summed E-state index contributed by atoms with van der Waals surface area (Å²) in [6.07, 6.45) is -7.28. The number of rotatable bonds is 19. The van der Waals surface area contributed by atoms with Gasteiger partial charge in [0.2, 0.25) is 0 Å². The number of fused-ring (bicyclic) bond motifs is 2. The number of aliphatic hydroxyl groups excluding tert-OH is 1. The molecule has 10 rings (SSSR count). The van der Waals surface area contributed by atoms with E-state index >= 15 is 0 Å². The third kappa shape index (κ3) is 17.4. The number of esters is 4. The number of ketones is 2. The van der Waals surface area contributed by atoms with Gasteiger partial charge in [0, 0.05) is 57.3 Å². The third-order valence-corrected chi connectivity index (χ3v) is 16.8. The van der Waals surface area contributed by atoms with E-state index in [1.54, 1.807) is 30.3 Å². The number of carbonyl (C=O) groups excluding carboxylic acids is 6. The molecule has 2 saturated heterocycles. The van der Waals surface area contributed by atoms with Crippen LogP contribution in [0.5, 0.6) is 11.5 Å². The lowest BCUT2D eigenvalue weighted by Crippen LogP contribution is -2.28. The Morgan fingerprint density at radius 1 is 0.575 bits per heavy atom. The van der Waals surface area contributed by atoms with Crippen LogP contribution in [0.15, 0.2) is 170 Å². The van der Waals surface area contributed by atoms with Gasteiger partial charge in [-0.1, -0.05) is 103 Å². The molecule has 0 spiro atoms. The summed E-state index contributed by atoms with van der Waals surface area (Å²) < 4.78 is 129. The number of hydrogen-bond acceptors (Lipinski definition) is 16. The first-order valence-electron chi connectivity index (χ1n) is 27.3. The number of hydrogen-bond donors (Lipinski definition) is 1. The molecule has 2 aliphatic heterocycles. The second-order valence-corrected chi connectivity index (χ2v) is 22.9. The third-order valence-electron chi connectivity index (χ3n) is 14.9. The van der Waals surface area contributed by atoms with Crippen molar-refractivity contribution in [1.29, 1.82) is 0 Å². The van der Waals surface area contributed by atoms with Crippen molar-refractivity contribution in [3.8, 4) is 33.8 Å². The fourth-order valence-corrected chi connectivity index (χ4v) is 11.4. The Hall–Kier alpha value is -8.43. The van der Waals surface area contributed by atoms with Crippen molar-refractivity contribution in [3.63, 3.8) is 0 Å². The van der Waals surface area contributed by atoms with Crippen molar-refractivity contribution in [2.45, 2.75) is 62.5 Å². The van der Waals surface area contributed by atoms with E-state index in [2.05, 4.69) is 9.05 Å². The van der Waals surface area contributed by atoms with Crippen LogP contribution < -0.4 is 9.47 Å². The van der Waals surface area contributed by atoms with Crippen molar-refractivity contribution in [1.82, 2.24) is 0 Å². The van der Waals surface area contributed by atoms with Crippen LogP contribution in [0.1, 0.15) is 57.5 Å². The molecule has 0 aromatic heterocycles. The van der Waals surface area contributed by atoms with Crippen LogP contribution in [0.2, 0.25) is 0 Å². The van der Waals surface area contributed by atoms with Crippen LogP contribution in [0.4, 0.5) is 26.3 Å². The van der Waals surface area contributed by atoms with E-state index in [-0.39, 0.29) is 66.7 Å². The van der Waals surface area contributed by atoms with Crippen molar-refractivity contribution in [3.05, 3.63) is 192 Å². The van der Waals surface area contributed by atoms with E-state index in [1.165, 1.54) is 24.3 Å². The monoisotopic (exact) mass is 1230 g/mol. The molecular formula is C64H59F6O16P. The molecule has 23 heteroatoms. The molecule has 1 N–H and O–H groups in total. The molecule has 0 bridgehead atoms. The zero-order valence-corrected chi connectivity index (χ0v) is 47.6. The summed E-state index contributed by atoms with van der Waals surface area (Å²) >= 11 is 0. The highest BCUT2D eigenvalue weighted by Gasteiger charge is 2.52. The number of halogens is 6. The molecule has 87 heavy (non-hydrogen) atoms. The Bertz CT molecular complexity index is 3440. The SMILES string of the molecule is COP(=O)(CC(=O)COc1cccc(C(F)(F)F)c1)OC.O=C(/C=C/[C@H]1[C@H](OC(=O)c2ccc(-c3ccccc3)cc2)CC2OC(=O)C[C@@H]21)COc1cccc(C(F)(F)F)c1.O=C1C[C@H]2C(C[C@@H](OC(=O)c3ccc(-c4ccccc4)cc3)[C@@H]2CO)O1. The molecule has 4 aliphatic rings. The number of aliphatic hydroxyl groups is 1. The minimum Gasteiger partial charge on any atom is -0.486 e. The van der Waals surface area contributed by atoms with E-state index in [0.29, 0.717) is 24.0 Å². The number of Topliss-reactive ketones (excluding diaryl/α,β-unsaturated/α-hetero) is 1. The Balaban J connectivity index is 0.000000181. The van der Waals surface area contributed by atoms with Gasteiger partial charge in [-0.3, -0.25) is 23.7 Å². The minimum atomic E-state index is -4.53. The zero-order valence-electron chi connectivity index (χ0n) is 46.7. The van der Waals surface area contributed by atoms with E-state index in [9.17, 15) is 64.8 Å². The van der Waals surface area contributed by atoms with Gasteiger partial charge in [0.1, 0.15) is 48.7 Å². The maximum absolute atomic E-state index is 13.0. The van der Waals surface area contributed by atoms with Crippen molar-refractivity contribution < 1.29 is 102 Å². The Morgan fingerprint density at radius 2 is 1.01 bits per heavy atom. The van der Waals surface area contributed by atoms with Crippen LogP contribution >= 0.6 is 7.60 Å². The first-order valence-corrected chi connectivity index (χ1v) is 29.0. The largest absolute Gasteiger partial charge is 0.486 e. The van der Waals surface area contributed by atoms with Gasteiger partial charge in [0.05, 0.1) is 35.1 Å². The summed E-state index contributed by atoms with van der Waals surface area (Å²) in [4.78, 5) is 72.7. The fraction of sp³-hybridized carbons (Fsp3) is 0.312. The molecule has 16 nitrogen and oxygen atoms in total. The average molecular weight is 1230 g/mol. The lowest BCUT2D eigenvalue weighted by atomic mass is 9.91. The molecule has 2 heterocycles. The van der Waals surface area contributed by atoms with E-state index in [4.69, 9.17) is 28.4 Å². The van der Waals surface area contributed by atoms with Gasteiger partial charge in [0.25, 0.3) is 0 Å². The van der Waals surface area contributed by atoms with E-state index in [0.717, 1.165) is 66.8 Å². The van der Waals surface area contributed by atoms with Gasteiger partial charge in [-0.15, -0.1) is 0 Å². The Labute approximate surface area is 495 Å². The molecular weight excluding hydrogens is 1170 g/mol. The van der Waals surface area contributed by atoms with Gasteiger partial charge in [-0.25, -0.2) is 9.59 Å². The summed E-state index contributed by atoms with van der Waals surface area (Å²) in [7, 11) is -1.24. The predicted molar refractivity (Wildman–Crippen MR) is 301 cm³/mol. The van der Waals surface area contributed by atoms with Crippen molar-refractivity contribution >= 4 is 43.0 Å². The first-order chi connectivity index (χ1) is 41.5. The van der Waals surface area contributed by atoms with Crippen LogP contribution in [-0.2, 0) is 64.1 Å². The van der Waals surface area contributed by atoms with E-state index in [1.807, 2.05) is 84.9 Å². The molecule has 0 radical (unpaired) electrons. The second kappa shape index (κ2) is 28.8. The Kier molecular flexibility index (Phi) is 21.4. The Morgan fingerprint density at radius 3 is 1.48 bits per heavy atom. The standard InChI is InChI=1S/C31H25F3O6.C21H20O5.C12H14F3O5P/c32-31(33,34)22-7-4-8-24(15-22)38-18-23(35)13-14-25-26-16-29(36)39-28(26)17-27(25)40-30(37)21-11-9-20(10-12-21)19-5-2-1-3-6-19;22-12-17-16-10-20(23)25-18(16)11-19(17)26-21(24)15-8-6-14(7-9-15)13-4-2-1-3-5-13;1-18-21(17,19-2)8-10(16)7-20-11-5-3-4-9(6-11)12(13,14)15/h1-15,25-28H,16-18H2;1-9,16-19,22H,10-12H2;3-6H,7-8H2,1-2H3/b14-13+;;/t25-,26-,27-,28?;16-,17-,18?,19-;/m11./s1. The summed E-state index contributed by atoms with van der Waals surface area (Å²) in [5, 5.41) is 9.66. The quantitative estimate of drug-likeness (QED) is 0.0262. The molecule has 0 amide bonds. The number of benzene rings is 6. The number of alkyl halides is 6.